The first kappa shape index (κ1) is 16.3. The number of fused-ring (bicyclic) bond motifs is 1. The highest BCUT2D eigenvalue weighted by Gasteiger charge is 2.25. The van der Waals surface area contributed by atoms with Gasteiger partial charge in [-0.05, 0) is 30.7 Å². The summed E-state index contributed by atoms with van der Waals surface area (Å²) in [5.41, 5.74) is 1.81. The summed E-state index contributed by atoms with van der Waals surface area (Å²) in [5.74, 6) is -0.455. The number of esters is 1. The predicted octanol–water partition coefficient (Wildman–Crippen LogP) is 3.25. The van der Waals surface area contributed by atoms with E-state index in [1.807, 2.05) is 19.1 Å². The van der Waals surface area contributed by atoms with Crippen molar-refractivity contribution in [3.8, 4) is 0 Å². The lowest BCUT2D eigenvalue weighted by Gasteiger charge is -2.12. The van der Waals surface area contributed by atoms with Gasteiger partial charge in [-0.25, -0.2) is 12.4 Å². The molecule has 0 unspecified atom stereocenters. The molecule has 1 aromatic heterocycles. The van der Waals surface area contributed by atoms with Crippen LogP contribution in [0.3, 0.4) is 0 Å². The lowest BCUT2D eigenvalue weighted by atomic mass is 10.1. The standard InChI is InChI=1S/C18H17NO4S/c1-13-16-10-6-7-11-17(16)19(18(13)12-23-14(2)20)24(21,22)15-8-4-3-5-9-15/h3-11H,12H2,1-2H3. The molecule has 0 fully saturated rings. The molecule has 0 amide bonds. The molecule has 0 aliphatic rings. The normalized spacial score (nSPS) is 11.6. The van der Waals surface area contributed by atoms with Gasteiger partial charge in [0.1, 0.15) is 6.61 Å². The number of ether oxygens (including phenoxy) is 1. The maximum absolute atomic E-state index is 13.1. The van der Waals surface area contributed by atoms with E-state index in [-0.39, 0.29) is 11.5 Å². The topological polar surface area (TPSA) is 65.4 Å². The Hall–Kier alpha value is -2.60. The van der Waals surface area contributed by atoms with Crippen LogP contribution in [0.25, 0.3) is 10.9 Å². The van der Waals surface area contributed by atoms with E-state index >= 15 is 0 Å². The maximum Gasteiger partial charge on any atom is 0.303 e. The molecule has 1 heterocycles. The van der Waals surface area contributed by atoms with Gasteiger partial charge in [-0.1, -0.05) is 36.4 Å². The Morgan fingerprint density at radius 1 is 1.04 bits per heavy atom. The lowest BCUT2D eigenvalue weighted by molar-refractivity contribution is -0.142. The van der Waals surface area contributed by atoms with Crippen molar-refractivity contribution in [2.45, 2.75) is 25.3 Å². The van der Waals surface area contributed by atoms with Crippen molar-refractivity contribution in [2.24, 2.45) is 0 Å². The highest BCUT2D eigenvalue weighted by Crippen LogP contribution is 2.30. The minimum Gasteiger partial charge on any atom is -0.459 e. The van der Waals surface area contributed by atoms with E-state index in [1.54, 1.807) is 42.5 Å². The molecule has 0 atom stereocenters. The van der Waals surface area contributed by atoms with E-state index < -0.39 is 16.0 Å². The fourth-order valence-electron chi connectivity index (χ4n) is 2.73. The molecule has 2 aromatic carbocycles. The van der Waals surface area contributed by atoms with Gasteiger partial charge in [0.2, 0.25) is 0 Å². The van der Waals surface area contributed by atoms with E-state index in [2.05, 4.69) is 0 Å². The second kappa shape index (κ2) is 6.13. The smallest absolute Gasteiger partial charge is 0.303 e. The average Bonchev–Trinajstić information content (AvgIpc) is 2.87. The Morgan fingerprint density at radius 3 is 2.33 bits per heavy atom. The molecule has 3 aromatic rings. The van der Waals surface area contributed by atoms with E-state index in [4.69, 9.17) is 4.74 Å². The van der Waals surface area contributed by atoms with Gasteiger partial charge >= 0.3 is 5.97 Å². The Bertz CT molecular complexity index is 1000. The van der Waals surface area contributed by atoms with Crippen molar-refractivity contribution in [1.82, 2.24) is 3.97 Å². The van der Waals surface area contributed by atoms with E-state index in [1.165, 1.54) is 10.9 Å². The first-order valence-electron chi connectivity index (χ1n) is 7.46. The molecule has 0 N–H and O–H groups in total. The van der Waals surface area contributed by atoms with Crippen LogP contribution in [0.5, 0.6) is 0 Å². The zero-order valence-corrected chi connectivity index (χ0v) is 14.2. The summed E-state index contributed by atoms with van der Waals surface area (Å²) in [5, 5.41) is 0.819. The fourth-order valence-corrected chi connectivity index (χ4v) is 4.34. The summed E-state index contributed by atoms with van der Waals surface area (Å²) < 4.78 is 32.7. The number of hydrogen-bond donors (Lipinski definition) is 0. The number of nitrogens with zero attached hydrogens (tertiary/aromatic N) is 1. The molecular weight excluding hydrogens is 326 g/mol. The minimum absolute atomic E-state index is 0.0953. The second-order valence-corrected chi connectivity index (χ2v) is 7.24. The Morgan fingerprint density at radius 2 is 1.67 bits per heavy atom. The Balaban J connectivity index is 2.29. The van der Waals surface area contributed by atoms with Crippen LogP contribution in [0.4, 0.5) is 0 Å². The van der Waals surface area contributed by atoms with Crippen molar-refractivity contribution in [3.63, 3.8) is 0 Å². The van der Waals surface area contributed by atoms with Crippen LogP contribution in [-0.4, -0.2) is 18.4 Å². The van der Waals surface area contributed by atoms with Crippen LogP contribution in [0.2, 0.25) is 0 Å². The molecule has 3 rings (SSSR count). The maximum atomic E-state index is 13.1. The van der Waals surface area contributed by atoms with Crippen molar-refractivity contribution in [2.75, 3.05) is 0 Å². The van der Waals surface area contributed by atoms with Crippen LogP contribution in [-0.2, 0) is 26.2 Å². The number of aryl methyl sites for hydroxylation is 1. The van der Waals surface area contributed by atoms with Crippen molar-refractivity contribution in [1.29, 1.82) is 0 Å². The van der Waals surface area contributed by atoms with Gasteiger partial charge < -0.3 is 4.74 Å². The number of para-hydroxylation sites is 1. The molecule has 0 saturated heterocycles. The van der Waals surface area contributed by atoms with Crippen LogP contribution >= 0.6 is 0 Å². The van der Waals surface area contributed by atoms with Gasteiger partial charge in [0.15, 0.2) is 0 Å². The number of hydrogen-bond acceptors (Lipinski definition) is 4. The first-order valence-corrected chi connectivity index (χ1v) is 8.90. The van der Waals surface area contributed by atoms with Crippen LogP contribution in [0.15, 0.2) is 59.5 Å². The van der Waals surface area contributed by atoms with Gasteiger partial charge in [-0.3, -0.25) is 4.79 Å². The Kier molecular flexibility index (Phi) is 4.15. The molecule has 0 saturated carbocycles. The number of carbonyl (C=O) groups excluding carboxylic acids is 1. The van der Waals surface area contributed by atoms with E-state index in [9.17, 15) is 13.2 Å². The van der Waals surface area contributed by atoms with Crippen LogP contribution < -0.4 is 0 Å². The predicted molar refractivity (Wildman–Crippen MR) is 91.2 cm³/mol. The molecule has 24 heavy (non-hydrogen) atoms. The molecule has 6 heteroatoms. The summed E-state index contributed by atoms with van der Waals surface area (Å²) in [4.78, 5) is 11.4. The largest absolute Gasteiger partial charge is 0.459 e. The molecule has 124 valence electrons. The average molecular weight is 343 g/mol. The molecule has 0 spiro atoms. The van der Waals surface area contributed by atoms with Crippen LogP contribution in [0.1, 0.15) is 18.2 Å². The summed E-state index contributed by atoms with van der Waals surface area (Å²) >= 11 is 0. The number of benzene rings is 2. The number of rotatable bonds is 4. The summed E-state index contributed by atoms with van der Waals surface area (Å²) in [7, 11) is -3.80. The molecule has 5 nitrogen and oxygen atoms in total. The van der Waals surface area contributed by atoms with Gasteiger partial charge in [0.25, 0.3) is 10.0 Å². The van der Waals surface area contributed by atoms with E-state index in [0.717, 1.165) is 10.9 Å². The van der Waals surface area contributed by atoms with E-state index in [0.29, 0.717) is 11.2 Å². The first-order chi connectivity index (χ1) is 11.4. The summed E-state index contributed by atoms with van der Waals surface area (Å²) in [6.45, 7) is 3.04. The lowest BCUT2D eigenvalue weighted by Crippen LogP contribution is -2.17. The SMILES string of the molecule is CC(=O)OCc1c(C)c2ccccc2n1S(=O)(=O)c1ccccc1. The van der Waals surface area contributed by atoms with Crippen LogP contribution in [0, 0.1) is 6.92 Å². The minimum atomic E-state index is -3.80. The summed E-state index contributed by atoms with van der Waals surface area (Å²) in [6.07, 6.45) is 0. The quantitative estimate of drug-likeness (QED) is 0.682. The van der Waals surface area contributed by atoms with Crippen molar-refractivity contribution in [3.05, 3.63) is 65.9 Å². The third-order valence-corrected chi connectivity index (χ3v) is 5.66. The van der Waals surface area contributed by atoms with Gasteiger partial charge in [-0.15, -0.1) is 0 Å². The monoisotopic (exact) mass is 343 g/mol. The molecular formula is C18H17NO4S. The molecule has 0 bridgehead atoms. The number of carbonyl (C=O) groups is 1. The van der Waals surface area contributed by atoms with Crippen molar-refractivity contribution < 1.29 is 17.9 Å². The van der Waals surface area contributed by atoms with Gasteiger partial charge in [-0.2, -0.15) is 0 Å². The number of aromatic nitrogens is 1. The molecule has 0 aliphatic carbocycles. The molecule has 0 radical (unpaired) electrons. The van der Waals surface area contributed by atoms with Gasteiger partial charge in [0, 0.05) is 12.3 Å². The zero-order chi connectivity index (χ0) is 17.3. The van der Waals surface area contributed by atoms with Gasteiger partial charge in [0.05, 0.1) is 16.1 Å². The third kappa shape index (κ3) is 2.69. The van der Waals surface area contributed by atoms with Crippen molar-refractivity contribution >= 4 is 26.9 Å². The summed E-state index contributed by atoms with van der Waals surface area (Å²) in [6, 6.07) is 15.5. The Labute approximate surface area is 140 Å². The second-order valence-electron chi connectivity index (χ2n) is 5.45. The zero-order valence-electron chi connectivity index (χ0n) is 13.4. The molecule has 0 aliphatic heterocycles. The highest BCUT2D eigenvalue weighted by molar-refractivity contribution is 7.90. The highest BCUT2D eigenvalue weighted by atomic mass is 32.2. The third-order valence-electron chi connectivity index (χ3n) is 3.90. The fraction of sp³-hybridized carbons (Fsp3) is 0.167.